The smallest absolute Gasteiger partial charge is 0.265 e. The molecular weight excluding hydrogens is 290 g/mol. The third kappa shape index (κ3) is 6.44. The highest BCUT2D eigenvalue weighted by atomic mass is 32.1. The number of thiazole rings is 1. The molecular formula is C13H23N5O2S. The lowest BCUT2D eigenvalue weighted by Crippen LogP contribution is -2.24. The number of carbonyl (C=O) groups is 2. The number of primary amides is 1. The van der Waals surface area contributed by atoms with Crippen molar-refractivity contribution in [2.45, 2.75) is 33.1 Å². The minimum absolute atomic E-state index is 0.235. The molecule has 1 aromatic heterocycles. The van der Waals surface area contributed by atoms with Gasteiger partial charge in [0.1, 0.15) is 10.7 Å². The predicted molar refractivity (Wildman–Crippen MR) is 85.2 cm³/mol. The lowest BCUT2D eigenvalue weighted by molar-refractivity contribution is -0.118. The molecule has 0 atom stereocenters. The van der Waals surface area contributed by atoms with Crippen LogP contribution in [0.2, 0.25) is 0 Å². The topological polar surface area (TPSA) is 123 Å². The van der Waals surface area contributed by atoms with E-state index in [-0.39, 0.29) is 17.6 Å². The van der Waals surface area contributed by atoms with Crippen LogP contribution in [-0.4, -0.2) is 29.9 Å². The molecule has 1 heterocycles. The number of nitrogens with two attached hydrogens (primary N) is 2. The zero-order valence-electron chi connectivity index (χ0n) is 12.4. The van der Waals surface area contributed by atoms with Gasteiger partial charge in [-0.15, -0.1) is 0 Å². The first-order valence-corrected chi connectivity index (χ1v) is 7.78. The molecule has 8 heteroatoms. The van der Waals surface area contributed by atoms with Gasteiger partial charge in [-0.1, -0.05) is 25.2 Å². The largest absolute Gasteiger partial charge is 0.382 e. The van der Waals surface area contributed by atoms with Gasteiger partial charge in [0.05, 0.1) is 0 Å². The van der Waals surface area contributed by atoms with Crippen molar-refractivity contribution in [3.05, 3.63) is 4.88 Å². The summed E-state index contributed by atoms with van der Waals surface area (Å²) in [6.07, 6.45) is 1.70. The van der Waals surface area contributed by atoms with E-state index >= 15 is 0 Å². The molecule has 0 aromatic carbocycles. The molecule has 21 heavy (non-hydrogen) atoms. The maximum absolute atomic E-state index is 12.0. The third-order valence-electron chi connectivity index (χ3n) is 2.66. The summed E-state index contributed by atoms with van der Waals surface area (Å²) in [5.41, 5.74) is 10.8. The Morgan fingerprint density at radius 2 is 2.05 bits per heavy atom. The lowest BCUT2D eigenvalue weighted by Gasteiger charge is -2.04. The standard InChI is InChI=1S/C13H23N5O2S/c1-8(2)7-17-13-18-11(15)10(21-13)12(20)16-6-4-3-5-9(14)19/h8H,3-7,15H2,1-2H3,(H2,14,19)(H,16,20)(H,17,18). The summed E-state index contributed by atoms with van der Waals surface area (Å²) < 4.78 is 0. The van der Waals surface area contributed by atoms with Crippen molar-refractivity contribution in [3.63, 3.8) is 0 Å². The molecule has 0 aliphatic heterocycles. The quantitative estimate of drug-likeness (QED) is 0.510. The van der Waals surface area contributed by atoms with Crippen LogP contribution in [0, 0.1) is 5.92 Å². The second-order valence-corrected chi connectivity index (χ2v) is 6.19. The summed E-state index contributed by atoms with van der Waals surface area (Å²) in [5, 5.41) is 6.56. The van der Waals surface area contributed by atoms with Crippen LogP contribution in [0.4, 0.5) is 10.9 Å². The number of nitrogen functional groups attached to an aromatic ring is 1. The molecule has 0 fully saturated rings. The van der Waals surface area contributed by atoms with Crippen molar-refractivity contribution in [2.24, 2.45) is 11.7 Å². The van der Waals surface area contributed by atoms with Crippen molar-refractivity contribution in [1.82, 2.24) is 10.3 Å². The van der Waals surface area contributed by atoms with Crippen molar-refractivity contribution in [2.75, 3.05) is 24.1 Å². The maximum atomic E-state index is 12.0. The average molecular weight is 313 g/mol. The number of unbranched alkanes of at least 4 members (excludes halogenated alkanes) is 1. The number of hydrogen-bond donors (Lipinski definition) is 4. The van der Waals surface area contributed by atoms with Crippen LogP contribution >= 0.6 is 11.3 Å². The summed E-state index contributed by atoms with van der Waals surface area (Å²) in [6, 6.07) is 0. The number of aromatic nitrogens is 1. The Balaban J connectivity index is 2.41. The number of amides is 2. The fourth-order valence-electron chi connectivity index (χ4n) is 1.57. The molecule has 1 rings (SSSR count). The van der Waals surface area contributed by atoms with Gasteiger partial charge in [-0.3, -0.25) is 9.59 Å². The lowest BCUT2D eigenvalue weighted by atomic mass is 10.2. The molecule has 2 amide bonds. The first-order valence-electron chi connectivity index (χ1n) is 6.96. The Labute approximate surface area is 128 Å². The van der Waals surface area contributed by atoms with Gasteiger partial charge in [-0.25, -0.2) is 4.98 Å². The maximum Gasteiger partial charge on any atom is 0.265 e. The van der Waals surface area contributed by atoms with E-state index in [9.17, 15) is 9.59 Å². The zero-order chi connectivity index (χ0) is 15.8. The zero-order valence-corrected chi connectivity index (χ0v) is 13.3. The van der Waals surface area contributed by atoms with Crippen LogP contribution in [0.1, 0.15) is 42.8 Å². The highest BCUT2D eigenvalue weighted by Gasteiger charge is 2.15. The Morgan fingerprint density at radius 1 is 1.33 bits per heavy atom. The summed E-state index contributed by atoms with van der Waals surface area (Å²) >= 11 is 1.24. The van der Waals surface area contributed by atoms with E-state index in [0.29, 0.717) is 41.7 Å². The van der Waals surface area contributed by atoms with Crippen molar-refractivity contribution in [3.8, 4) is 0 Å². The number of nitrogens with one attached hydrogen (secondary N) is 2. The molecule has 0 radical (unpaired) electrons. The van der Waals surface area contributed by atoms with Crippen molar-refractivity contribution >= 4 is 34.1 Å². The monoisotopic (exact) mass is 313 g/mol. The minimum Gasteiger partial charge on any atom is -0.382 e. The highest BCUT2D eigenvalue weighted by Crippen LogP contribution is 2.24. The van der Waals surface area contributed by atoms with E-state index in [2.05, 4.69) is 29.5 Å². The van der Waals surface area contributed by atoms with Crippen LogP contribution < -0.4 is 22.1 Å². The van der Waals surface area contributed by atoms with Gasteiger partial charge in [-0.2, -0.15) is 0 Å². The first kappa shape index (κ1) is 17.2. The van der Waals surface area contributed by atoms with Gasteiger partial charge in [0.15, 0.2) is 5.13 Å². The van der Waals surface area contributed by atoms with Gasteiger partial charge in [0, 0.05) is 19.5 Å². The van der Waals surface area contributed by atoms with Crippen LogP contribution in [-0.2, 0) is 4.79 Å². The average Bonchev–Trinajstić information content (AvgIpc) is 2.76. The molecule has 118 valence electrons. The molecule has 0 saturated carbocycles. The number of hydrogen-bond acceptors (Lipinski definition) is 6. The summed E-state index contributed by atoms with van der Waals surface area (Å²) in [7, 11) is 0. The molecule has 0 unspecified atom stereocenters. The Kier molecular flexibility index (Phi) is 6.93. The van der Waals surface area contributed by atoms with Gasteiger partial charge >= 0.3 is 0 Å². The minimum atomic E-state index is -0.325. The second-order valence-electron chi connectivity index (χ2n) is 5.19. The molecule has 0 spiro atoms. The molecule has 0 aliphatic rings. The van der Waals surface area contributed by atoms with E-state index in [1.165, 1.54) is 11.3 Å². The number of anilines is 2. The molecule has 0 saturated heterocycles. The number of rotatable bonds is 9. The summed E-state index contributed by atoms with van der Waals surface area (Å²) in [6.45, 7) is 5.44. The van der Waals surface area contributed by atoms with Gasteiger partial charge in [0.25, 0.3) is 5.91 Å². The van der Waals surface area contributed by atoms with Crippen LogP contribution in [0.15, 0.2) is 0 Å². The van der Waals surface area contributed by atoms with Gasteiger partial charge < -0.3 is 22.1 Å². The molecule has 1 aromatic rings. The van der Waals surface area contributed by atoms with E-state index in [0.717, 1.165) is 6.54 Å². The Hall–Kier alpha value is -1.83. The third-order valence-corrected chi connectivity index (χ3v) is 3.68. The van der Waals surface area contributed by atoms with Crippen molar-refractivity contribution < 1.29 is 9.59 Å². The Bertz CT molecular complexity index is 487. The molecule has 7 nitrogen and oxygen atoms in total. The van der Waals surface area contributed by atoms with E-state index in [1.807, 2.05) is 0 Å². The SMILES string of the molecule is CC(C)CNc1nc(N)c(C(=O)NCCCCC(N)=O)s1. The summed E-state index contributed by atoms with van der Waals surface area (Å²) in [5.74, 6) is 0.161. The molecule has 0 aliphatic carbocycles. The fourth-order valence-corrected chi connectivity index (χ4v) is 2.38. The van der Waals surface area contributed by atoms with Gasteiger partial charge in [0.2, 0.25) is 5.91 Å². The number of nitrogens with zero attached hydrogens (tertiary/aromatic N) is 1. The number of carbonyl (C=O) groups excluding carboxylic acids is 2. The van der Waals surface area contributed by atoms with Crippen molar-refractivity contribution in [1.29, 1.82) is 0 Å². The molecule has 0 bridgehead atoms. The highest BCUT2D eigenvalue weighted by molar-refractivity contribution is 7.18. The fraction of sp³-hybridized carbons (Fsp3) is 0.615. The van der Waals surface area contributed by atoms with Crippen LogP contribution in [0.25, 0.3) is 0 Å². The van der Waals surface area contributed by atoms with Gasteiger partial charge in [-0.05, 0) is 18.8 Å². The second kappa shape index (κ2) is 8.46. The molecule has 6 N–H and O–H groups in total. The van der Waals surface area contributed by atoms with E-state index < -0.39 is 0 Å². The van der Waals surface area contributed by atoms with E-state index in [4.69, 9.17) is 11.5 Å². The summed E-state index contributed by atoms with van der Waals surface area (Å²) in [4.78, 5) is 27.1. The van der Waals surface area contributed by atoms with Crippen LogP contribution in [0.5, 0.6) is 0 Å². The predicted octanol–water partition coefficient (Wildman–Crippen LogP) is 1.18. The van der Waals surface area contributed by atoms with Crippen LogP contribution in [0.3, 0.4) is 0 Å². The van der Waals surface area contributed by atoms with E-state index in [1.54, 1.807) is 0 Å². The first-order chi connectivity index (χ1) is 9.90. The normalized spacial score (nSPS) is 10.6. The Morgan fingerprint density at radius 3 is 2.67 bits per heavy atom.